The molecule has 0 amide bonds. The molecule has 0 aliphatic rings. The maximum absolute atomic E-state index is 7.92. The summed E-state index contributed by atoms with van der Waals surface area (Å²) in [5, 5.41) is 8.12. The maximum atomic E-state index is 7.92. The van der Waals surface area contributed by atoms with Crippen LogP contribution in [0.4, 0.5) is 0 Å². The molecule has 5 heteroatoms. The van der Waals surface area contributed by atoms with E-state index in [0.717, 1.165) is 11.3 Å². The minimum Gasteiger partial charge on any atom is -0.413 e. The molecule has 0 aliphatic heterocycles. The largest absolute Gasteiger partial charge is 0.413 e. The molecule has 0 aliphatic carbocycles. The third-order valence-corrected chi connectivity index (χ3v) is 8.62. The number of benzene rings is 1. The van der Waals surface area contributed by atoms with Crippen LogP contribution >= 0.6 is 0 Å². The number of hydrogen-bond acceptors (Lipinski definition) is 3. The fourth-order valence-corrected chi connectivity index (χ4v) is 2.60. The van der Waals surface area contributed by atoms with Crippen LogP contribution in [0, 0.1) is 6.92 Å². The molecule has 2 aromatic rings. The van der Waals surface area contributed by atoms with Crippen LogP contribution in [-0.4, -0.2) is 23.3 Å². The lowest BCUT2D eigenvalue weighted by atomic mass is 10.2. The van der Waals surface area contributed by atoms with E-state index in [-0.39, 0.29) is 5.04 Å². The molecule has 114 valence electrons. The molecule has 0 saturated heterocycles. The van der Waals surface area contributed by atoms with Gasteiger partial charge in [0.25, 0.3) is 0 Å². The molecule has 1 aromatic heterocycles. The molecule has 0 bridgehead atoms. The Balaban J connectivity index is 2.09. The topological polar surface area (TPSA) is 39.9 Å². The van der Waals surface area contributed by atoms with Crippen molar-refractivity contribution in [3.8, 4) is 5.69 Å². The van der Waals surface area contributed by atoms with Crippen LogP contribution < -0.4 is 0 Å². The molecule has 1 heterocycles. The zero-order chi connectivity index (χ0) is 16.5. The summed E-state index contributed by atoms with van der Waals surface area (Å²) in [6.45, 7) is 13.6. The second-order valence-corrected chi connectivity index (χ2v) is 11.7. The molecule has 1 aromatic carbocycles. The van der Waals surface area contributed by atoms with Crippen molar-refractivity contribution in [2.24, 2.45) is 0 Å². The maximum Gasteiger partial charge on any atom is 0.192 e. The van der Waals surface area contributed by atoms with Gasteiger partial charge < -0.3 is 4.43 Å². The summed E-state index contributed by atoms with van der Waals surface area (Å²) in [5.41, 5.74) is 2.61. The van der Waals surface area contributed by atoms with Gasteiger partial charge in [0, 0.05) is 0 Å². The summed E-state index contributed by atoms with van der Waals surface area (Å²) in [7, 11) is -1.73. The zero-order valence-corrected chi connectivity index (χ0v) is 14.8. The van der Waals surface area contributed by atoms with Gasteiger partial charge >= 0.3 is 0 Å². The first-order chi connectivity index (χ1) is 10.1. The Morgan fingerprint density at radius 1 is 1.24 bits per heavy atom. The average molecular weight is 304 g/mol. The van der Waals surface area contributed by atoms with Crippen molar-refractivity contribution >= 4 is 8.32 Å². The Morgan fingerprint density at radius 2 is 1.86 bits per heavy atom. The highest BCUT2D eigenvalue weighted by molar-refractivity contribution is 6.74. The predicted molar refractivity (Wildman–Crippen MR) is 88.1 cm³/mol. The van der Waals surface area contributed by atoms with Crippen LogP contribution in [-0.2, 0) is 11.0 Å². The summed E-state index contributed by atoms with van der Waals surface area (Å²) in [6, 6.07) is 7.96. The van der Waals surface area contributed by atoms with Crippen molar-refractivity contribution in [1.82, 2.24) is 15.0 Å². The normalized spacial score (nSPS) is 13.3. The fraction of sp³-hybridized carbons (Fsp3) is 0.500. The van der Waals surface area contributed by atoms with E-state index in [1.54, 1.807) is 6.92 Å². The van der Waals surface area contributed by atoms with Gasteiger partial charge in [0.2, 0.25) is 0 Å². The van der Waals surface area contributed by atoms with E-state index in [1.807, 2.05) is 24.3 Å². The monoisotopic (exact) mass is 304 g/mol. The van der Waals surface area contributed by atoms with Crippen LogP contribution in [0.15, 0.2) is 30.4 Å². The van der Waals surface area contributed by atoms with Gasteiger partial charge in [0.1, 0.15) is 0 Å². The second kappa shape index (κ2) is 5.73. The van der Waals surface area contributed by atoms with Crippen molar-refractivity contribution in [3.05, 3.63) is 41.7 Å². The molecule has 2 rings (SSSR count). The minimum absolute atomic E-state index is 0.214. The van der Waals surface area contributed by atoms with Crippen molar-refractivity contribution in [3.63, 3.8) is 0 Å². The lowest BCUT2D eigenvalue weighted by molar-refractivity contribution is 0.276. The third-order valence-electron chi connectivity index (χ3n) is 4.14. The highest BCUT2D eigenvalue weighted by Gasteiger charge is 2.36. The van der Waals surface area contributed by atoms with E-state index in [2.05, 4.69) is 44.2 Å². The molecule has 0 spiro atoms. The molecular weight excluding hydrogens is 278 g/mol. The van der Waals surface area contributed by atoms with Crippen molar-refractivity contribution in [1.29, 1.82) is 0 Å². The van der Waals surface area contributed by atoms with Gasteiger partial charge in [-0.3, -0.25) is 0 Å². The smallest absolute Gasteiger partial charge is 0.192 e. The first-order valence-corrected chi connectivity index (χ1v) is 10.1. The molecule has 0 fully saturated rings. The summed E-state index contributed by atoms with van der Waals surface area (Å²) < 4.78 is 15.7. The predicted octanol–water partition coefficient (Wildman–Crippen LogP) is 4.10. The SMILES string of the molecule is [2H]c1c(C)nnn1-c1ccc(CO[Si](C)(C)C(C)(C)C)cc1. The lowest BCUT2D eigenvalue weighted by Gasteiger charge is -2.36. The number of rotatable bonds is 4. The van der Waals surface area contributed by atoms with Gasteiger partial charge in [-0.25, -0.2) is 4.68 Å². The van der Waals surface area contributed by atoms with Gasteiger partial charge in [-0.05, 0) is 42.8 Å². The Bertz CT molecular complexity index is 644. The van der Waals surface area contributed by atoms with E-state index < -0.39 is 8.32 Å². The lowest BCUT2D eigenvalue weighted by Crippen LogP contribution is -2.40. The van der Waals surface area contributed by atoms with Gasteiger partial charge in [0.15, 0.2) is 8.32 Å². The van der Waals surface area contributed by atoms with Crippen LogP contribution in [0.25, 0.3) is 5.69 Å². The van der Waals surface area contributed by atoms with E-state index in [0.29, 0.717) is 18.5 Å². The Labute approximate surface area is 129 Å². The van der Waals surface area contributed by atoms with Gasteiger partial charge in [0.05, 0.1) is 25.5 Å². The van der Waals surface area contributed by atoms with Crippen LogP contribution in [0.1, 0.15) is 33.4 Å². The van der Waals surface area contributed by atoms with Gasteiger partial charge in [-0.15, -0.1) is 5.10 Å². The number of aryl methyl sites for hydroxylation is 1. The summed E-state index contributed by atoms with van der Waals surface area (Å²) in [5.74, 6) is 0. The zero-order valence-electron chi connectivity index (χ0n) is 14.8. The van der Waals surface area contributed by atoms with Crippen molar-refractivity contribution in [2.75, 3.05) is 0 Å². The van der Waals surface area contributed by atoms with Gasteiger partial charge in [-0.2, -0.15) is 0 Å². The fourth-order valence-electron chi connectivity index (χ4n) is 1.64. The molecule has 0 saturated carbocycles. The van der Waals surface area contributed by atoms with Gasteiger partial charge in [-0.1, -0.05) is 38.1 Å². The van der Waals surface area contributed by atoms with Crippen molar-refractivity contribution < 1.29 is 5.80 Å². The highest BCUT2D eigenvalue weighted by atomic mass is 28.4. The molecule has 0 N–H and O–H groups in total. The molecule has 21 heavy (non-hydrogen) atoms. The first kappa shape index (κ1) is 14.5. The van der Waals surface area contributed by atoms with Crippen LogP contribution in [0.5, 0.6) is 0 Å². The number of nitrogens with zero attached hydrogens (tertiary/aromatic N) is 3. The van der Waals surface area contributed by atoms with E-state index in [1.165, 1.54) is 4.68 Å². The summed E-state index contributed by atoms with van der Waals surface area (Å²) >= 11 is 0. The quantitative estimate of drug-likeness (QED) is 0.798. The second-order valence-electron chi connectivity index (χ2n) is 6.91. The number of hydrogen-bond donors (Lipinski definition) is 0. The third kappa shape index (κ3) is 3.80. The van der Waals surface area contributed by atoms with E-state index in [4.69, 9.17) is 5.80 Å². The first-order valence-electron chi connectivity index (χ1n) is 7.74. The Kier molecular flexibility index (Phi) is 3.95. The van der Waals surface area contributed by atoms with E-state index in [9.17, 15) is 0 Å². The minimum atomic E-state index is -1.73. The molecular formula is C16H25N3OSi. The van der Waals surface area contributed by atoms with E-state index >= 15 is 0 Å². The summed E-state index contributed by atoms with van der Waals surface area (Å²) in [4.78, 5) is 0. The summed E-state index contributed by atoms with van der Waals surface area (Å²) in [6.07, 6.45) is 0.324. The molecule has 0 unspecified atom stereocenters. The Morgan fingerprint density at radius 3 is 2.33 bits per heavy atom. The van der Waals surface area contributed by atoms with Crippen LogP contribution in [0.3, 0.4) is 0 Å². The molecule has 4 nitrogen and oxygen atoms in total. The van der Waals surface area contributed by atoms with Crippen molar-refractivity contribution in [2.45, 2.75) is 52.4 Å². The average Bonchev–Trinajstić information content (AvgIpc) is 2.76. The highest BCUT2D eigenvalue weighted by Crippen LogP contribution is 2.37. The van der Waals surface area contributed by atoms with Crippen LogP contribution in [0.2, 0.25) is 18.1 Å². The standard InChI is InChI=1S/C16H25N3OSi/c1-13-11-19(18-17-13)15-9-7-14(8-10-15)12-20-21(5,6)16(2,3)4/h7-11H,12H2,1-6H3/i11D. The molecule has 0 radical (unpaired) electrons. The number of aromatic nitrogens is 3. The Hall–Kier alpha value is -1.46. The molecule has 0 atom stereocenters.